The lowest BCUT2D eigenvalue weighted by atomic mass is 10.1. The number of carbonyl (C=O) groups is 2. The van der Waals surface area contributed by atoms with Crippen LogP contribution in [0, 0.1) is 12.7 Å². The third-order valence-corrected chi connectivity index (χ3v) is 7.15. The molecule has 0 aliphatic carbocycles. The molecule has 0 fully saturated rings. The lowest BCUT2D eigenvalue weighted by molar-refractivity contribution is -0.139. The van der Waals surface area contributed by atoms with Crippen molar-refractivity contribution in [3.8, 4) is 0 Å². The van der Waals surface area contributed by atoms with Gasteiger partial charge in [0.1, 0.15) is 18.4 Å². The Morgan fingerprint density at radius 2 is 1.59 bits per heavy atom. The number of hydrogen-bond acceptors (Lipinski definition) is 4. The molecular formula is C24H33FN4O4S. The Balaban J connectivity index is 2.46. The average molecular weight is 493 g/mol. The van der Waals surface area contributed by atoms with Gasteiger partial charge in [0.15, 0.2) is 0 Å². The quantitative estimate of drug-likeness (QED) is 0.552. The molecule has 34 heavy (non-hydrogen) atoms. The van der Waals surface area contributed by atoms with Gasteiger partial charge in [0.2, 0.25) is 11.8 Å². The molecule has 0 saturated heterocycles. The average Bonchev–Trinajstić information content (AvgIpc) is 2.76. The SMILES string of the molecule is Cc1ccccc1CN(C(=O)CN(c1ccc(F)cc1)S(=O)(=O)N(C)C)C(C)C(=O)NC(C)C. The van der Waals surface area contributed by atoms with Gasteiger partial charge in [-0.2, -0.15) is 12.7 Å². The summed E-state index contributed by atoms with van der Waals surface area (Å²) in [6, 6.07) is 11.3. The van der Waals surface area contributed by atoms with Crippen molar-refractivity contribution in [3.63, 3.8) is 0 Å². The van der Waals surface area contributed by atoms with E-state index in [0.717, 1.165) is 31.9 Å². The first-order valence-corrected chi connectivity index (χ1v) is 12.3. The van der Waals surface area contributed by atoms with Crippen LogP contribution in [0.4, 0.5) is 10.1 Å². The summed E-state index contributed by atoms with van der Waals surface area (Å²) >= 11 is 0. The topological polar surface area (TPSA) is 90.0 Å². The Morgan fingerprint density at radius 1 is 1.00 bits per heavy atom. The number of rotatable bonds is 10. The maximum absolute atomic E-state index is 13.6. The molecule has 2 amide bonds. The van der Waals surface area contributed by atoms with Crippen molar-refractivity contribution in [1.29, 1.82) is 0 Å². The van der Waals surface area contributed by atoms with Crippen LogP contribution in [-0.4, -0.2) is 62.2 Å². The second-order valence-corrected chi connectivity index (χ2v) is 10.6. The van der Waals surface area contributed by atoms with Gasteiger partial charge < -0.3 is 10.2 Å². The predicted octanol–water partition coefficient (Wildman–Crippen LogP) is 2.69. The zero-order valence-corrected chi connectivity index (χ0v) is 21.3. The summed E-state index contributed by atoms with van der Waals surface area (Å²) in [5.41, 5.74) is 1.91. The third kappa shape index (κ3) is 6.77. The first kappa shape index (κ1) is 27.3. The van der Waals surface area contributed by atoms with Gasteiger partial charge in [-0.05, 0) is 63.1 Å². The maximum Gasteiger partial charge on any atom is 0.304 e. The van der Waals surface area contributed by atoms with Crippen molar-refractivity contribution in [1.82, 2.24) is 14.5 Å². The first-order valence-electron chi connectivity index (χ1n) is 10.9. The fourth-order valence-corrected chi connectivity index (χ4v) is 4.34. The van der Waals surface area contributed by atoms with E-state index in [4.69, 9.17) is 0 Å². The molecule has 2 aromatic rings. The van der Waals surface area contributed by atoms with Gasteiger partial charge >= 0.3 is 10.2 Å². The molecule has 10 heteroatoms. The number of halogens is 1. The zero-order valence-electron chi connectivity index (χ0n) is 20.4. The Kier molecular flexibility index (Phi) is 9.17. The molecule has 1 unspecified atom stereocenters. The minimum Gasteiger partial charge on any atom is -0.352 e. The Hall–Kier alpha value is -2.98. The summed E-state index contributed by atoms with van der Waals surface area (Å²) in [6.45, 7) is 6.71. The smallest absolute Gasteiger partial charge is 0.304 e. The summed E-state index contributed by atoms with van der Waals surface area (Å²) in [5.74, 6) is -1.44. The number of nitrogens with zero attached hydrogens (tertiary/aromatic N) is 3. The van der Waals surface area contributed by atoms with Crippen LogP contribution in [0.25, 0.3) is 0 Å². The number of benzene rings is 2. The van der Waals surface area contributed by atoms with E-state index in [1.165, 1.54) is 31.1 Å². The van der Waals surface area contributed by atoms with Crippen LogP contribution >= 0.6 is 0 Å². The summed E-state index contributed by atoms with van der Waals surface area (Å²) in [6.07, 6.45) is 0. The molecule has 0 bridgehead atoms. The molecule has 0 heterocycles. The van der Waals surface area contributed by atoms with Crippen molar-refractivity contribution in [2.24, 2.45) is 0 Å². The van der Waals surface area contributed by atoms with E-state index in [0.29, 0.717) is 0 Å². The van der Waals surface area contributed by atoms with E-state index in [9.17, 15) is 22.4 Å². The molecule has 2 rings (SSSR count). The van der Waals surface area contributed by atoms with Crippen LogP contribution in [0.2, 0.25) is 0 Å². The fraction of sp³-hybridized carbons (Fsp3) is 0.417. The summed E-state index contributed by atoms with van der Waals surface area (Å²) in [5, 5.41) is 2.80. The van der Waals surface area contributed by atoms with Crippen molar-refractivity contribution in [2.45, 2.75) is 46.3 Å². The number of hydrogen-bond donors (Lipinski definition) is 1. The van der Waals surface area contributed by atoms with Crippen LogP contribution in [0.1, 0.15) is 31.9 Å². The third-order valence-electron chi connectivity index (χ3n) is 5.33. The van der Waals surface area contributed by atoms with Gasteiger partial charge in [0.25, 0.3) is 0 Å². The number of carbonyl (C=O) groups excluding carboxylic acids is 2. The highest BCUT2D eigenvalue weighted by Crippen LogP contribution is 2.21. The monoisotopic (exact) mass is 492 g/mol. The molecule has 0 saturated carbocycles. The Bertz CT molecular complexity index is 1100. The Morgan fingerprint density at radius 3 is 2.12 bits per heavy atom. The second-order valence-electron chi connectivity index (χ2n) is 8.56. The predicted molar refractivity (Wildman–Crippen MR) is 131 cm³/mol. The van der Waals surface area contributed by atoms with Crippen molar-refractivity contribution in [2.75, 3.05) is 24.9 Å². The van der Waals surface area contributed by atoms with Crippen molar-refractivity contribution < 1.29 is 22.4 Å². The van der Waals surface area contributed by atoms with E-state index < -0.39 is 34.5 Å². The Labute approximate surface area is 201 Å². The maximum atomic E-state index is 13.6. The standard InChI is InChI=1S/C24H33FN4O4S/c1-17(2)26-24(31)19(4)28(15-20-10-8-7-9-18(20)3)23(30)16-29(34(32,33)27(5)6)22-13-11-21(25)12-14-22/h7-14,17,19H,15-16H2,1-6H3,(H,26,31). The van der Waals surface area contributed by atoms with Gasteiger partial charge in [-0.15, -0.1) is 0 Å². The number of nitrogens with one attached hydrogen (secondary N) is 1. The van der Waals surface area contributed by atoms with E-state index in [2.05, 4.69) is 5.32 Å². The normalized spacial score (nSPS) is 12.5. The van der Waals surface area contributed by atoms with Gasteiger partial charge in [-0.1, -0.05) is 24.3 Å². The number of aryl methyl sites for hydroxylation is 1. The minimum absolute atomic E-state index is 0.122. The van der Waals surface area contributed by atoms with Gasteiger partial charge in [0, 0.05) is 26.7 Å². The molecule has 0 spiro atoms. The van der Waals surface area contributed by atoms with Crippen molar-refractivity contribution in [3.05, 3.63) is 65.5 Å². The van der Waals surface area contributed by atoms with E-state index in [1.54, 1.807) is 6.92 Å². The highest BCUT2D eigenvalue weighted by molar-refractivity contribution is 7.90. The molecule has 0 aliphatic heterocycles. The molecule has 0 aromatic heterocycles. The first-order chi connectivity index (χ1) is 15.8. The molecule has 8 nitrogen and oxygen atoms in total. The highest BCUT2D eigenvalue weighted by Gasteiger charge is 2.32. The molecule has 1 atom stereocenters. The van der Waals surface area contributed by atoms with Crippen molar-refractivity contribution >= 4 is 27.7 Å². The summed E-state index contributed by atoms with van der Waals surface area (Å²) in [4.78, 5) is 27.7. The summed E-state index contributed by atoms with van der Waals surface area (Å²) in [7, 11) is -1.39. The summed E-state index contributed by atoms with van der Waals surface area (Å²) < 4.78 is 41.5. The highest BCUT2D eigenvalue weighted by atomic mass is 32.2. The van der Waals surface area contributed by atoms with Gasteiger partial charge in [0.05, 0.1) is 5.69 Å². The molecule has 186 valence electrons. The van der Waals surface area contributed by atoms with E-state index in [-0.39, 0.29) is 24.2 Å². The molecule has 2 aromatic carbocycles. The molecule has 0 aliphatic rings. The number of anilines is 1. The molecular weight excluding hydrogens is 459 g/mol. The lowest BCUT2D eigenvalue weighted by Gasteiger charge is -2.33. The lowest BCUT2D eigenvalue weighted by Crippen LogP contribution is -2.53. The molecule has 1 N–H and O–H groups in total. The van der Waals surface area contributed by atoms with E-state index in [1.807, 2.05) is 45.0 Å². The van der Waals surface area contributed by atoms with Crippen LogP contribution in [0.3, 0.4) is 0 Å². The molecule has 0 radical (unpaired) electrons. The van der Waals surface area contributed by atoms with Gasteiger partial charge in [-0.3, -0.25) is 9.59 Å². The van der Waals surface area contributed by atoms with Crippen LogP contribution in [0.5, 0.6) is 0 Å². The fourth-order valence-electron chi connectivity index (χ4n) is 3.28. The second kappa shape index (κ2) is 11.4. The number of amides is 2. The van der Waals surface area contributed by atoms with Gasteiger partial charge in [-0.25, -0.2) is 8.70 Å². The largest absolute Gasteiger partial charge is 0.352 e. The van der Waals surface area contributed by atoms with E-state index >= 15 is 0 Å². The van der Waals surface area contributed by atoms with Crippen LogP contribution < -0.4 is 9.62 Å². The van der Waals surface area contributed by atoms with Crippen LogP contribution in [0.15, 0.2) is 48.5 Å². The zero-order chi connectivity index (χ0) is 25.6. The minimum atomic E-state index is -4.08. The van der Waals surface area contributed by atoms with Crippen LogP contribution in [-0.2, 0) is 26.3 Å².